The number of aryl methyl sites for hydroxylation is 1. The van der Waals surface area contributed by atoms with Gasteiger partial charge in [-0.1, -0.05) is 49.9 Å². The SMILES string of the molecule is CCCCS(=O)(=O)Oc1cc(CCC)nn1-c1ccc(Cl)c(Cl)c1. The molecule has 0 aliphatic carbocycles. The molecule has 132 valence electrons. The molecule has 1 aromatic heterocycles. The molecule has 0 saturated heterocycles. The molecule has 0 fully saturated rings. The first-order valence-electron chi connectivity index (χ1n) is 7.82. The van der Waals surface area contributed by atoms with E-state index in [1.165, 1.54) is 4.68 Å². The Kier molecular flexibility index (Phi) is 6.54. The molecule has 0 aliphatic rings. The highest BCUT2D eigenvalue weighted by molar-refractivity contribution is 7.87. The van der Waals surface area contributed by atoms with Crippen LogP contribution < -0.4 is 4.18 Å². The molecule has 2 aromatic rings. The molecule has 2 rings (SSSR count). The lowest BCUT2D eigenvalue weighted by Crippen LogP contribution is -2.15. The Hall–Kier alpha value is -1.24. The van der Waals surface area contributed by atoms with Crippen molar-refractivity contribution in [3.63, 3.8) is 0 Å². The van der Waals surface area contributed by atoms with Crippen LogP contribution >= 0.6 is 23.2 Å². The van der Waals surface area contributed by atoms with Gasteiger partial charge >= 0.3 is 10.1 Å². The molecular weight excluding hydrogens is 371 g/mol. The van der Waals surface area contributed by atoms with Crippen molar-refractivity contribution in [3.8, 4) is 11.6 Å². The highest BCUT2D eigenvalue weighted by atomic mass is 35.5. The maximum Gasteiger partial charge on any atom is 0.310 e. The fraction of sp³-hybridized carbons (Fsp3) is 0.438. The predicted molar refractivity (Wildman–Crippen MR) is 96.9 cm³/mol. The van der Waals surface area contributed by atoms with E-state index in [2.05, 4.69) is 5.10 Å². The average Bonchev–Trinajstić information content (AvgIpc) is 2.90. The van der Waals surface area contributed by atoms with Crippen molar-refractivity contribution in [3.05, 3.63) is 40.0 Å². The van der Waals surface area contributed by atoms with Crippen LogP contribution in [0.3, 0.4) is 0 Å². The number of nitrogens with zero attached hydrogens (tertiary/aromatic N) is 2. The molecule has 0 radical (unpaired) electrons. The third-order valence-corrected chi connectivity index (χ3v) is 5.29. The van der Waals surface area contributed by atoms with Crippen molar-refractivity contribution in [2.24, 2.45) is 0 Å². The maximum atomic E-state index is 12.1. The summed E-state index contributed by atoms with van der Waals surface area (Å²) in [5.74, 6) is 0.132. The van der Waals surface area contributed by atoms with Gasteiger partial charge in [-0.05, 0) is 31.0 Å². The summed E-state index contributed by atoms with van der Waals surface area (Å²) in [6, 6.07) is 6.62. The van der Waals surface area contributed by atoms with E-state index in [1.54, 1.807) is 24.3 Å². The first kappa shape index (κ1) is 19.1. The molecule has 0 N–H and O–H groups in total. The number of benzene rings is 1. The van der Waals surface area contributed by atoms with Gasteiger partial charge in [0.05, 0.1) is 27.2 Å². The zero-order valence-electron chi connectivity index (χ0n) is 13.6. The van der Waals surface area contributed by atoms with E-state index in [9.17, 15) is 8.42 Å². The van der Waals surface area contributed by atoms with Crippen LogP contribution in [-0.4, -0.2) is 24.0 Å². The van der Waals surface area contributed by atoms with E-state index in [0.717, 1.165) is 25.0 Å². The van der Waals surface area contributed by atoms with Crippen LogP contribution in [0.25, 0.3) is 5.69 Å². The van der Waals surface area contributed by atoms with Crippen LogP contribution in [0.1, 0.15) is 38.8 Å². The van der Waals surface area contributed by atoms with Crippen LogP contribution in [-0.2, 0) is 16.5 Å². The fourth-order valence-corrected chi connectivity index (χ4v) is 3.54. The van der Waals surface area contributed by atoms with Gasteiger partial charge in [0.2, 0.25) is 5.88 Å². The number of hydrogen-bond donors (Lipinski definition) is 0. The summed E-state index contributed by atoms with van der Waals surface area (Å²) < 4.78 is 31.0. The van der Waals surface area contributed by atoms with Gasteiger partial charge in [0.25, 0.3) is 0 Å². The largest absolute Gasteiger partial charge is 0.361 e. The summed E-state index contributed by atoms with van der Waals surface area (Å²) in [6.45, 7) is 3.95. The Balaban J connectivity index is 2.40. The molecule has 1 heterocycles. The van der Waals surface area contributed by atoms with E-state index in [1.807, 2.05) is 13.8 Å². The van der Waals surface area contributed by atoms with Gasteiger partial charge < -0.3 is 4.18 Å². The minimum atomic E-state index is -3.67. The summed E-state index contributed by atoms with van der Waals surface area (Å²) in [5.41, 5.74) is 1.34. The first-order valence-corrected chi connectivity index (χ1v) is 10.2. The molecule has 0 unspecified atom stereocenters. The van der Waals surface area contributed by atoms with Gasteiger partial charge in [-0.15, -0.1) is 0 Å². The third-order valence-electron chi connectivity index (χ3n) is 3.34. The van der Waals surface area contributed by atoms with E-state index in [-0.39, 0.29) is 11.6 Å². The van der Waals surface area contributed by atoms with E-state index in [4.69, 9.17) is 27.4 Å². The minimum Gasteiger partial charge on any atom is -0.361 e. The minimum absolute atomic E-state index is 0.0286. The van der Waals surface area contributed by atoms with Gasteiger partial charge in [-0.3, -0.25) is 0 Å². The summed E-state index contributed by atoms with van der Waals surface area (Å²) in [6.07, 6.45) is 2.93. The van der Waals surface area contributed by atoms with E-state index < -0.39 is 10.1 Å². The van der Waals surface area contributed by atoms with Crippen molar-refractivity contribution in [2.75, 3.05) is 5.75 Å². The molecule has 8 heteroatoms. The summed E-state index contributed by atoms with van der Waals surface area (Å²) in [7, 11) is -3.67. The molecule has 5 nitrogen and oxygen atoms in total. The number of halogens is 2. The molecule has 0 atom stereocenters. The average molecular weight is 391 g/mol. The second-order valence-electron chi connectivity index (χ2n) is 5.43. The van der Waals surface area contributed by atoms with Crippen molar-refractivity contribution >= 4 is 33.3 Å². The predicted octanol–water partition coefficient (Wildman–Crippen LogP) is 4.64. The van der Waals surface area contributed by atoms with Crippen molar-refractivity contribution in [2.45, 2.75) is 39.5 Å². The van der Waals surface area contributed by atoms with Gasteiger partial charge in [-0.25, -0.2) is 0 Å². The Bertz CT molecular complexity index is 804. The van der Waals surface area contributed by atoms with Gasteiger partial charge in [0.1, 0.15) is 0 Å². The van der Waals surface area contributed by atoms with E-state index in [0.29, 0.717) is 22.2 Å². The molecular formula is C16H20Cl2N2O3S. The standard InChI is InChI=1S/C16H20Cl2N2O3S/c1-3-5-9-24(21,22)23-16-10-12(6-4-2)19-20(16)13-7-8-14(17)15(18)11-13/h7-8,10-11H,3-6,9H2,1-2H3. The summed E-state index contributed by atoms with van der Waals surface area (Å²) in [4.78, 5) is 0. The molecule has 0 bridgehead atoms. The number of unbranched alkanes of at least 4 members (excludes halogenated alkanes) is 1. The lowest BCUT2D eigenvalue weighted by molar-refractivity contribution is 0.463. The van der Waals surface area contributed by atoms with Gasteiger partial charge in [0.15, 0.2) is 0 Å². The molecule has 0 saturated carbocycles. The van der Waals surface area contributed by atoms with E-state index >= 15 is 0 Å². The fourth-order valence-electron chi connectivity index (χ4n) is 2.14. The second-order valence-corrected chi connectivity index (χ2v) is 7.94. The van der Waals surface area contributed by atoms with Crippen molar-refractivity contribution < 1.29 is 12.6 Å². The first-order chi connectivity index (χ1) is 11.4. The van der Waals surface area contributed by atoms with Crippen LogP contribution in [0, 0.1) is 0 Å². The quantitative estimate of drug-likeness (QED) is 0.615. The van der Waals surface area contributed by atoms with Crippen LogP contribution in [0.5, 0.6) is 5.88 Å². The van der Waals surface area contributed by atoms with Crippen molar-refractivity contribution in [1.29, 1.82) is 0 Å². The summed E-state index contributed by atoms with van der Waals surface area (Å²) >= 11 is 12.0. The normalized spacial score (nSPS) is 11.7. The number of aromatic nitrogens is 2. The number of hydrogen-bond acceptors (Lipinski definition) is 4. The second kappa shape index (κ2) is 8.23. The monoisotopic (exact) mass is 390 g/mol. The zero-order valence-corrected chi connectivity index (χ0v) is 16.0. The smallest absolute Gasteiger partial charge is 0.310 e. The summed E-state index contributed by atoms with van der Waals surface area (Å²) in [5, 5.41) is 5.21. The van der Waals surface area contributed by atoms with Crippen LogP contribution in [0.2, 0.25) is 10.0 Å². The number of rotatable bonds is 8. The van der Waals surface area contributed by atoms with Crippen LogP contribution in [0.4, 0.5) is 0 Å². The molecule has 0 aliphatic heterocycles. The third kappa shape index (κ3) is 4.88. The molecule has 0 amide bonds. The Morgan fingerprint density at radius 3 is 2.50 bits per heavy atom. The molecule has 24 heavy (non-hydrogen) atoms. The molecule has 0 spiro atoms. The Morgan fingerprint density at radius 1 is 1.12 bits per heavy atom. The highest BCUT2D eigenvalue weighted by Gasteiger charge is 2.19. The lowest BCUT2D eigenvalue weighted by Gasteiger charge is -2.09. The van der Waals surface area contributed by atoms with Crippen LogP contribution in [0.15, 0.2) is 24.3 Å². The molecule has 1 aromatic carbocycles. The Labute approximate surface area is 152 Å². The zero-order chi connectivity index (χ0) is 17.7. The maximum absolute atomic E-state index is 12.1. The Morgan fingerprint density at radius 2 is 1.88 bits per heavy atom. The van der Waals surface area contributed by atoms with Gasteiger partial charge in [0, 0.05) is 6.07 Å². The topological polar surface area (TPSA) is 61.2 Å². The van der Waals surface area contributed by atoms with Gasteiger partial charge in [-0.2, -0.15) is 18.2 Å². The lowest BCUT2D eigenvalue weighted by atomic mass is 10.3. The van der Waals surface area contributed by atoms with Crippen molar-refractivity contribution in [1.82, 2.24) is 9.78 Å². The highest BCUT2D eigenvalue weighted by Crippen LogP contribution is 2.28.